The number of aliphatic imine (C=N–C) groups is 1. The van der Waals surface area contributed by atoms with Gasteiger partial charge in [0.2, 0.25) is 0 Å². The molecule has 2 aliphatic heterocycles. The van der Waals surface area contributed by atoms with Crippen LogP contribution in [0.4, 0.5) is 23.7 Å². The lowest BCUT2D eigenvalue weighted by atomic mass is 9.71. The van der Waals surface area contributed by atoms with Gasteiger partial charge in [-0.15, -0.1) is 0 Å². The normalized spacial score (nSPS) is 20.5. The Morgan fingerprint density at radius 1 is 1.29 bits per heavy atom. The number of alkyl halides is 3. The SMILES string of the molecule is CC1=Nc2ccccc2C12CCN(C(=O)N[C@H](C)C(F)(F)F)CC2. The van der Waals surface area contributed by atoms with Gasteiger partial charge in [-0.1, -0.05) is 18.2 Å². The number of fused-ring (bicyclic) bond motifs is 2. The molecule has 0 unspecified atom stereocenters. The van der Waals surface area contributed by atoms with E-state index in [4.69, 9.17) is 0 Å². The topological polar surface area (TPSA) is 44.7 Å². The molecule has 24 heavy (non-hydrogen) atoms. The van der Waals surface area contributed by atoms with Crippen molar-refractivity contribution in [2.45, 2.75) is 44.3 Å². The van der Waals surface area contributed by atoms with Crippen LogP contribution in [0.1, 0.15) is 32.3 Å². The summed E-state index contributed by atoms with van der Waals surface area (Å²) in [5.74, 6) is 0. The van der Waals surface area contributed by atoms with Crippen LogP contribution in [0, 0.1) is 0 Å². The molecule has 2 aliphatic rings. The van der Waals surface area contributed by atoms with E-state index < -0.39 is 18.2 Å². The van der Waals surface area contributed by atoms with Crippen LogP contribution in [0.2, 0.25) is 0 Å². The van der Waals surface area contributed by atoms with E-state index in [9.17, 15) is 18.0 Å². The average molecular weight is 339 g/mol. The summed E-state index contributed by atoms with van der Waals surface area (Å²) in [6.07, 6.45) is -3.08. The first-order chi connectivity index (χ1) is 11.2. The van der Waals surface area contributed by atoms with Gasteiger partial charge in [-0.05, 0) is 38.3 Å². The van der Waals surface area contributed by atoms with Crippen molar-refractivity contribution < 1.29 is 18.0 Å². The van der Waals surface area contributed by atoms with Crippen molar-refractivity contribution in [1.82, 2.24) is 10.2 Å². The number of carbonyl (C=O) groups excluding carboxylic acids is 1. The van der Waals surface area contributed by atoms with Crippen molar-refractivity contribution in [3.63, 3.8) is 0 Å². The Morgan fingerprint density at radius 3 is 2.54 bits per heavy atom. The Balaban J connectivity index is 1.69. The minimum atomic E-state index is -4.43. The highest BCUT2D eigenvalue weighted by Gasteiger charge is 2.45. The van der Waals surface area contributed by atoms with Gasteiger partial charge < -0.3 is 10.2 Å². The second kappa shape index (κ2) is 5.79. The molecule has 1 saturated heterocycles. The van der Waals surface area contributed by atoms with Crippen molar-refractivity contribution >= 4 is 17.4 Å². The number of urea groups is 1. The molecular formula is C17H20F3N3O. The zero-order chi connectivity index (χ0) is 17.5. The third kappa shape index (κ3) is 2.76. The molecule has 7 heteroatoms. The van der Waals surface area contributed by atoms with Crippen LogP contribution in [-0.2, 0) is 5.41 Å². The molecule has 0 bridgehead atoms. The second-order valence-corrected chi connectivity index (χ2v) is 6.50. The fourth-order valence-corrected chi connectivity index (χ4v) is 3.54. The fourth-order valence-electron chi connectivity index (χ4n) is 3.54. The first kappa shape index (κ1) is 16.8. The number of amides is 2. The highest BCUT2D eigenvalue weighted by Crippen LogP contribution is 2.46. The van der Waals surface area contributed by atoms with Crippen LogP contribution in [0.3, 0.4) is 0 Å². The van der Waals surface area contributed by atoms with Gasteiger partial charge in [-0.2, -0.15) is 13.2 Å². The largest absolute Gasteiger partial charge is 0.408 e. The number of carbonyl (C=O) groups is 1. The number of benzene rings is 1. The predicted octanol–water partition coefficient (Wildman–Crippen LogP) is 3.79. The van der Waals surface area contributed by atoms with E-state index >= 15 is 0 Å². The van der Waals surface area contributed by atoms with Gasteiger partial charge in [0, 0.05) is 24.2 Å². The van der Waals surface area contributed by atoms with E-state index in [0.717, 1.165) is 23.9 Å². The first-order valence-electron chi connectivity index (χ1n) is 8.01. The number of piperidine rings is 1. The molecule has 0 aromatic heterocycles. The smallest absolute Gasteiger partial charge is 0.326 e. The average Bonchev–Trinajstić information content (AvgIpc) is 2.79. The molecule has 3 rings (SSSR count). The minimum absolute atomic E-state index is 0.191. The molecule has 2 amide bonds. The summed E-state index contributed by atoms with van der Waals surface area (Å²) in [7, 11) is 0. The summed E-state index contributed by atoms with van der Waals surface area (Å²) >= 11 is 0. The molecule has 1 spiro atoms. The number of nitrogens with one attached hydrogen (secondary N) is 1. The molecule has 0 saturated carbocycles. The third-order valence-electron chi connectivity index (χ3n) is 5.14. The van der Waals surface area contributed by atoms with Crippen LogP contribution < -0.4 is 5.32 Å². The maximum absolute atomic E-state index is 12.6. The zero-order valence-electron chi connectivity index (χ0n) is 13.7. The number of rotatable bonds is 1. The van der Waals surface area contributed by atoms with E-state index in [1.165, 1.54) is 4.90 Å². The van der Waals surface area contributed by atoms with Crippen LogP contribution in [-0.4, -0.2) is 42.0 Å². The standard InChI is InChI=1S/C17H20F3N3O/c1-11-16(13-5-3-4-6-14(13)21-11)7-9-23(10-8-16)15(24)22-12(2)17(18,19)20/h3-6,12H,7-10H2,1-2H3,(H,22,24)/t12-/m1/s1. The Kier molecular flexibility index (Phi) is 4.05. The number of hydrogen-bond donors (Lipinski definition) is 1. The first-order valence-corrected chi connectivity index (χ1v) is 8.01. The number of para-hydroxylation sites is 1. The molecule has 1 aromatic carbocycles. The molecule has 1 N–H and O–H groups in total. The Hall–Kier alpha value is -2.05. The van der Waals surface area contributed by atoms with Crippen LogP contribution >= 0.6 is 0 Å². The van der Waals surface area contributed by atoms with Crippen molar-refractivity contribution in [1.29, 1.82) is 0 Å². The van der Waals surface area contributed by atoms with E-state index in [2.05, 4.69) is 11.1 Å². The molecule has 4 nitrogen and oxygen atoms in total. The van der Waals surface area contributed by atoms with Gasteiger partial charge in [0.25, 0.3) is 0 Å². The lowest BCUT2D eigenvalue weighted by molar-refractivity contribution is -0.149. The quantitative estimate of drug-likeness (QED) is 0.831. The van der Waals surface area contributed by atoms with Gasteiger partial charge in [-0.3, -0.25) is 4.99 Å². The molecule has 0 radical (unpaired) electrons. The van der Waals surface area contributed by atoms with Crippen LogP contribution in [0.5, 0.6) is 0 Å². The lowest BCUT2D eigenvalue weighted by Crippen LogP contribution is -2.53. The number of likely N-dealkylation sites (tertiary alicyclic amines) is 1. The maximum atomic E-state index is 12.6. The van der Waals surface area contributed by atoms with Crippen molar-refractivity contribution in [3.05, 3.63) is 29.8 Å². The summed E-state index contributed by atoms with van der Waals surface area (Å²) in [6.45, 7) is 3.77. The van der Waals surface area contributed by atoms with E-state index in [1.807, 2.05) is 30.4 Å². The van der Waals surface area contributed by atoms with Gasteiger partial charge in [0.15, 0.2) is 0 Å². The van der Waals surface area contributed by atoms with Crippen molar-refractivity contribution in [2.75, 3.05) is 13.1 Å². The number of nitrogens with zero attached hydrogens (tertiary/aromatic N) is 2. The molecule has 130 valence electrons. The molecule has 1 fully saturated rings. The third-order valence-corrected chi connectivity index (χ3v) is 5.14. The zero-order valence-corrected chi connectivity index (χ0v) is 13.7. The summed E-state index contributed by atoms with van der Waals surface area (Å²) in [6, 6.07) is 5.43. The Bertz CT molecular complexity index is 676. The number of halogens is 3. The predicted molar refractivity (Wildman–Crippen MR) is 85.7 cm³/mol. The Morgan fingerprint density at radius 2 is 1.92 bits per heavy atom. The minimum Gasteiger partial charge on any atom is -0.326 e. The summed E-state index contributed by atoms with van der Waals surface area (Å²) in [4.78, 5) is 18.2. The van der Waals surface area contributed by atoms with Crippen LogP contribution in [0.25, 0.3) is 0 Å². The van der Waals surface area contributed by atoms with Gasteiger partial charge in [0.05, 0.1) is 5.69 Å². The molecular weight excluding hydrogens is 319 g/mol. The van der Waals surface area contributed by atoms with Gasteiger partial charge in [0.1, 0.15) is 6.04 Å². The van der Waals surface area contributed by atoms with Crippen molar-refractivity contribution in [2.24, 2.45) is 4.99 Å². The van der Waals surface area contributed by atoms with E-state index in [0.29, 0.717) is 25.9 Å². The molecule has 1 atom stereocenters. The van der Waals surface area contributed by atoms with Crippen LogP contribution in [0.15, 0.2) is 29.3 Å². The lowest BCUT2D eigenvalue weighted by Gasteiger charge is -2.40. The fraction of sp³-hybridized carbons (Fsp3) is 0.529. The van der Waals surface area contributed by atoms with Gasteiger partial charge in [-0.25, -0.2) is 4.79 Å². The maximum Gasteiger partial charge on any atom is 0.408 e. The monoisotopic (exact) mass is 339 g/mol. The van der Waals surface area contributed by atoms with E-state index in [-0.39, 0.29) is 5.41 Å². The van der Waals surface area contributed by atoms with E-state index in [1.54, 1.807) is 0 Å². The highest BCUT2D eigenvalue weighted by atomic mass is 19.4. The summed E-state index contributed by atoms with van der Waals surface area (Å²) in [5.41, 5.74) is 2.94. The molecule has 0 aliphatic carbocycles. The number of hydrogen-bond acceptors (Lipinski definition) is 2. The highest BCUT2D eigenvalue weighted by molar-refractivity contribution is 6.00. The Labute approximate surface area is 138 Å². The van der Waals surface area contributed by atoms with Crippen molar-refractivity contribution in [3.8, 4) is 0 Å². The summed E-state index contributed by atoms with van der Waals surface area (Å²) in [5, 5.41) is 2.03. The molecule has 2 heterocycles. The van der Waals surface area contributed by atoms with Gasteiger partial charge >= 0.3 is 12.2 Å². The second-order valence-electron chi connectivity index (χ2n) is 6.50. The molecule has 1 aromatic rings. The summed E-state index contributed by atoms with van der Waals surface area (Å²) < 4.78 is 37.8.